The Kier molecular flexibility index (Phi) is 2.78. The van der Waals surface area contributed by atoms with E-state index in [9.17, 15) is 4.79 Å². The van der Waals surface area contributed by atoms with E-state index in [0.717, 1.165) is 0 Å². The number of nitrogens with zero attached hydrogens (tertiary/aromatic N) is 1. The number of para-hydroxylation sites is 1. The molecular weight excluding hydrogens is 230 g/mol. The first-order valence-electron chi connectivity index (χ1n) is 4.44. The van der Waals surface area contributed by atoms with E-state index in [-0.39, 0.29) is 11.6 Å². The van der Waals surface area contributed by atoms with Crippen LogP contribution in [0.1, 0.15) is 10.4 Å². The van der Waals surface area contributed by atoms with Gasteiger partial charge in [-0.05, 0) is 12.1 Å². The highest BCUT2D eigenvalue weighted by Gasteiger charge is 2.12. The highest BCUT2D eigenvalue weighted by atomic mass is 35.5. The minimum Gasteiger partial charge on any atom is -0.397 e. The van der Waals surface area contributed by atoms with Gasteiger partial charge in [0.15, 0.2) is 5.82 Å². The van der Waals surface area contributed by atoms with Crippen molar-refractivity contribution < 1.29 is 9.32 Å². The number of hydrogen-bond acceptors (Lipinski definition) is 4. The molecule has 5 nitrogen and oxygen atoms in total. The van der Waals surface area contributed by atoms with Crippen LogP contribution in [-0.2, 0) is 0 Å². The molecule has 16 heavy (non-hydrogen) atoms. The average molecular weight is 238 g/mol. The molecule has 1 amide bonds. The lowest BCUT2D eigenvalue weighted by Gasteiger charge is -2.05. The van der Waals surface area contributed by atoms with Gasteiger partial charge >= 0.3 is 0 Å². The minimum absolute atomic E-state index is 0.241. The van der Waals surface area contributed by atoms with Crippen LogP contribution in [0.4, 0.5) is 11.5 Å². The molecule has 0 saturated heterocycles. The van der Waals surface area contributed by atoms with E-state index in [1.54, 1.807) is 18.2 Å². The van der Waals surface area contributed by atoms with Crippen molar-refractivity contribution >= 4 is 29.0 Å². The van der Waals surface area contributed by atoms with Gasteiger partial charge < -0.3 is 15.6 Å². The third kappa shape index (κ3) is 1.99. The number of amides is 1. The van der Waals surface area contributed by atoms with Gasteiger partial charge in [-0.1, -0.05) is 22.8 Å². The largest absolute Gasteiger partial charge is 0.397 e. The van der Waals surface area contributed by atoms with Crippen LogP contribution in [0.15, 0.2) is 35.1 Å². The molecule has 0 atom stereocenters. The van der Waals surface area contributed by atoms with Gasteiger partial charge in [0, 0.05) is 6.07 Å². The number of halogens is 1. The molecule has 82 valence electrons. The number of anilines is 2. The Balaban J connectivity index is 2.24. The van der Waals surface area contributed by atoms with Crippen molar-refractivity contribution in [3.05, 3.63) is 41.1 Å². The molecule has 0 saturated carbocycles. The van der Waals surface area contributed by atoms with E-state index in [0.29, 0.717) is 16.4 Å². The molecule has 1 aromatic heterocycles. The molecule has 2 rings (SSSR count). The summed E-state index contributed by atoms with van der Waals surface area (Å²) in [6, 6.07) is 6.37. The lowest BCUT2D eigenvalue weighted by molar-refractivity contribution is 0.102. The van der Waals surface area contributed by atoms with Crippen LogP contribution in [0.2, 0.25) is 5.02 Å². The number of carbonyl (C=O) groups excluding carboxylic acids is 1. The van der Waals surface area contributed by atoms with E-state index >= 15 is 0 Å². The second-order valence-electron chi connectivity index (χ2n) is 3.04. The lowest BCUT2D eigenvalue weighted by atomic mass is 10.1. The zero-order valence-electron chi connectivity index (χ0n) is 8.11. The maximum atomic E-state index is 11.8. The molecule has 0 aliphatic heterocycles. The zero-order chi connectivity index (χ0) is 11.5. The van der Waals surface area contributed by atoms with Crippen LogP contribution in [0, 0.1) is 0 Å². The second kappa shape index (κ2) is 4.24. The minimum atomic E-state index is -0.381. The lowest BCUT2D eigenvalue weighted by Crippen LogP contribution is -2.14. The molecule has 6 heteroatoms. The molecule has 3 N–H and O–H groups in total. The summed E-state index contributed by atoms with van der Waals surface area (Å²) in [7, 11) is 0. The monoisotopic (exact) mass is 237 g/mol. The Bertz CT molecular complexity index is 511. The van der Waals surface area contributed by atoms with Gasteiger partial charge in [0.1, 0.15) is 6.26 Å². The fourth-order valence-electron chi connectivity index (χ4n) is 1.20. The fraction of sp³-hybridized carbons (Fsp3) is 0. The molecule has 0 aliphatic rings. The number of hydrogen-bond donors (Lipinski definition) is 2. The summed E-state index contributed by atoms with van der Waals surface area (Å²) in [5, 5.41) is 6.42. The number of nitrogen functional groups attached to an aromatic ring is 1. The van der Waals surface area contributed by atoms with Crippen LogP contribution < -0.4 is 11.1 Å². The first-order valence-corrected chi connectivity index (χ1v) is 4.82. The van der Waals surface area contributed by atoms with Crippen molar-refractivity contribution in [2.45, 2.75) is 0 Å². The molecule has 0 unspecified atom stereocenters. The molecule has 0 bridgehead atoms. The summed E-state index contributed by atoms with van der Waals surface area (Å²) in [4.78, 5) is 11.8. The topological polar surface area (TPSA) is 81.2 Å². The average Bonchev–Trinajstić information content (AvgIpc) is 2.74. The highest BCUT2D eigenvalue weighted by molar-refractivity contribution is 6.34. The van der Waals surface area contributed by atoms with Crippen LogP contribution in [0.5, 0.6) is 0 Å². The summed E-state index contributed by atoms with van der Waals surface area (Å²) < 4.78 is 4.58. The van der Waals surface area contributed by atoms with Crippen molar-refractivity contribution in [1.29, 1.82) is 0 Å². The first-order chi connectivity index (χ1) is 7.68. The van der Waals surface area contributed by atoms with Gasteiger partial charge in [-0.3, -0.25) is 4.79 Å². The summed E-state index contributed by atoms with van der Waals surface area (Å²) in [6.45, 7) is 0. The third-order valence-electron chi connectivity index (χ3n) is 1.98. The molecule has 0 spiro atoms. The van der Waals surface area contributed by atoms with Crippen LogP contribution in [0.25, 0.3) is 0 Å². The number of nitrogens with two attached hydrogens (primary N) is 1. The molecule has 0 aliphatic carbocycles. The van der Waals surface area contributed by atoms with Crippen molar-refractivity contribution in [3.63, 3.8) is 0 Å². The summed E-state index contributed by atoms with van der Waals surface area (Å²) in [6.07, 6.45) is 1.36. The third-order valence-corrected chi connectivity index (χ3v) is 2.31. The summed E-state index contributed by atoms with van der Waals surface area (Å²) in [5.41, 5.74) is 6.22. The van der Waals surface area contributed by atoms with Crippen molar-refractivity contribution in [1.82, 2.24) is 5.16 Å². The van der Waals surface area contributed by atoms with Crippen LogP contribution in [-0.4, -0.2) is 11.1 Å². The molecule has 1 aromatic carbocycles. The van der Waals surface area contributed by atoms with E-state index < -0.39 is 0 Å². The quantitative estimate of drug-likeness (QED) is 0.785. The van der Waals surface area contributed by atoms with Gasteiger partial charge in [-0.15, -0.1) is 0 Å². The Hall–Kier alpha value is -2.01. The van der Waals surface area contributed by atoms with E-state index in [1.807, 2.05) is 0 Å². The number of aromatic nitrogens is 1. The predicted molar refractivity (Wildman–Crippen MR) is 60.3 cm³/mol. The predicted octanol–water partition coefficient (Wildman–Crippen LogP) is 2.16. The maximum Gasteiger partial charge on any atom is 0.259 e. The van der Waals surface area contributed by atoms with Crippen LogP contribution in [0.3, 0.4) is 0 Å². The van der Waals surface area contributed by atoms with Crippen molar-refractivity contribution in [2.75, 3.05) is 11.1 Å². The van der Waals surface area contributed by atoms with Gasteiger partial charge in [-0.2, -0.15) is 0 Å². The molecule has 0 radical (unpaired) electrons. The number of carbonyl (C=O) groups is 1. The van der Waals surface area contributed by atoms with E-state index in [1.165, 1.54) is 12.3 Å². The Morgan fingerprint density at radius 1 is 1.44 bits per heavy atom. The first kappa shape index (κ1) is 10.5. The summed E-state index contributed by atoms with van der Waals surface area (Å²) >= 11 is 5.80. The molecule has 1 heterocycles. The second-order valence-corrected chi connectivity index (χ2v) is 3.45. The Morgan fingerprint density at radius 2 is 2.25 bits per heavy atom. The fourth-order valence-corrected chi connectivity index (χ4v) is 1.37. The van der Waals surface area contributed by atoms with Gasteiger partial charge in [0.05, 0.1) is 16.3 Å². The van der Waals surface area contributed by atoms with Gasteiger partial charge in [0.25, 0.3) is 5.91 Å². The van der Waals surface area contributed by atoms with E-state index in [2.05, 4.69) is 15.0 Å². The SMILES string of the molecule is Nc1c(Cl)cccc1C(=O)Nc1ccon1. The number of nitrogens with one attached hydrogen (secondary N) is 1. The number of rotatable bonds is 2. The molecule has 2 aromatic rings. The Morgan fingerprint density at radius 3 is 2.94 bits per heavy atom. The van der Waals surface area contributed by atoms with Crippen molar-refractivity contribution in [3.8, 4) is 0 Å². The smallest absolute Gasteiger partial charge is 0.259 e. The Labute approximate surface area is 96.2 Å². The van der Waals surface area contributed by atoms with Gasteiger partial charge in [-0.25, -0.2) is 0 Å². The molecule has 0 fully saturated rings. The normalized spacial score (nSPS) is 10.1. The molecular formula is C10H8ClN3O2. The standard InChI is InChI=1S/C10H8ClN3O2/c11-7-3-1-2-6(9(7)12)10(15)13-8-4-5-16-14-8/h1-5H,12H2,(H,13,14,15). The van der Waals surface area contributed by atoms with E-state index in [4.69, 9.17) is 17.3 Å². The zero-order valence-corrected chi connectivity index (χ0v) is 8.86. The van der Waals surface area contributed by atoms with Crippen LogP contribution >= 0.6 is 11.6 Å². The van der Waals surface area contributed by atoms with Crippen molar-refractivity contribution in [2.24, 2.45) is 0 Å². The number of benzene rings is 1. The van der Waals surface area contributed by atoms with Gasteiger partial charge in [0.2, 0.25) is 0 Å². The maximum absolute atomic E-state index is 11.8. The highest BCUT2D eigenvalue weighted by Crippen LogP contribution is 2.22. The summed E-state index contributed by atoms with van der Waals surface area (Å²) in [5.74, 6) is -0.0572.